The zero-order valence-corrected chi connectivity index (χ0v) is 9.99. The summed E-state index contributed by atoms with van der Waals surface area (Å²) in [5.74, 6) is 0.257. The summed E-state index contributed by atoms with van der Waals surface area (Å²) >= 11 is 0. The highest BCUT2D eigenvalue weighted by Gasteiger charge is 2.26. The first-order chi connectivity index (χ1) is 8.78. The van der Waals surface area contributed by atoms with Crippen LogP contribution in [0.1, 0.15) is 16.8 Å². The Balaban J connectivity index is 1.83. The van der Waals surface area contributed by atoms with Gasteiger partial charge in [0.05, 0.1) is 5.56 Å². The molecule has 3 heterocycles. The van der Waals surface area contributed by atoms with Crippen LogP contribution in [0.2, 0.25) is 0 Å². The van der Waals surface area contributed by atoms with Crippen molar-refractivity contribution in [1.82, 2.24) is 14.3 Å². The van der Waals surface area contributed by atoms with E-state index < -0.39 is 0 Å². The number of aromatic nitrogens is 2. The fraction of sp³-hybridized carbons (Fsp3) is 0.385. The summed E-state index contributed by atoms with van der Waals surface area (Å²) in [6.07, 6.45) is 6.22. The number of amides is 1. The molecular weight excluding hydrogens is 230 g/mol. The van der Waals surface area contributed by atoms with Crippen molar-refractivity contribution in [2.75, 3.05) is 19.7 Å². The number of aliphatic hydroxyl groups is 1. The first kappa shape index (κ1) is 11.2. The van der Waals surface area contributed by atoms with E-state index in [0.717, 1.165) is 18.6 Å². The van der Waals surface area contributed by atoms with Crippen LogP contribution in [0.15, 0.2) is 30.7 Å². The van der Waals surface area contributed by atoms with E-state index in [9.17, 15) is 4.79 Å². The molecule has 1 aliphatic rings. The number of carbonyl (C=O) groups is 1. The van der Waals surface area contributed by atoms with Crippen LogP contribution in [0.5, 0.6) is 0 Å². The second kappa shape index (κ2) is 4.42. The van der Waals surface area contributed by atoms with Crippen molar-refractivity contribution in [2.45, 2.75) is 6.42 Å². The largest absolute Gasteiger partial charge is 0.396 e. The number of rotatable bonds is 2. The van der Waals surface area contributed by atoms with Gasteiger partial charge < -0.3 is 14.4 Å². The molecular formula is C13H15N3O2. The Morgan fingerprint density at radius 3 is 3.17 bits per heavy atom. The van der Waals surface area contributed by atoms with Gasteiger partial charge in [-0.2, -0.15) is 0 Å². The minimum absolute atomic E-state index is 0.0292. The van der Waals surface area contributed by atoms with Crippen LogP contribution in [0.3, 0.4) is 0 Å². The van der Waals surface area contributed by atoms with Crippen LogP contribution >= 0.6 is 0 Å². The number of nitrogens with zero attached hydrogens (tertiary/aromatic N) is 3. The lowest BCUT2D eigenvalue weighted by Gasteiger charge is -2.16. The smallest absolute Gasteiger partial charge is 0.255 e. The molecule has 1 fully saturated rings. The molecule has 0 radical (unpaired) electrons. The van der Waals surface area contributed by atoms with Crippen LogP contribution < -0.4 is 0 Å². The number of hydrogen-bond donors (Lipinski definition) is 1. The summed E-state index contributed by atoms with van der Waals surface area (Å²) in [6, 6.07) is 3.64. The molecule has 1 saturated heterocycles. The fourth-order valence-corrected chi connectivity index (χ4v) is 2.40. The number of aliphatic hydroxyl groups excluding tert-OH is 1. The van der Waals surface area contributed by atoms with E-state index in [-0.39, 0.29) is 18.4 Å². The van der Waals surface area contributed by atoms with Gasteiger partial charge in [0.25, 0.3) is 5.91 Å². The Morgan fingerprint density at radius 2 is 2.39 bits per heavy atom. The van der Waals surface area contributed by atoms with Gasteiger partial charge in [0.1, 0.15) is 5.65 Å². The average Bonchev–Trinajstić information content (AvgIpc) is 3.05. The van der Waals surface area contributed by atoms with E-state index in [2.05, 4.69) is 4.98 Å². The molecule has 1 amide bonds. The highest BCUT2D eigenvalue weighted by molar-refractivity contribution is 5.94. The van der Waals surface area contributed by atoms with Crippen LogP contribution in [0.25, 0.3) is 5.65 Å². The maximum atomic E-state index is 12.3. The van der Waals surface area contributed by atoms with Crippen molar-refractivity contribution in [3.05, 3.63) is 36.3 Å². The molecule has 0 aromatic carbocycles. The van der Waals surface area contributed by atoms with Gasteiger partial charge in [-0.3, -0.25) is 4.79 Å². The summed E-state index contributed by atoms with van der Waals surface area (Å²) < 4.78 is 1.84. The molecule has 1 atom stereocenters. The zero-order valence-electron chi connectivity index (χ0n) is 9.99. The van der Waals surface area contributed by atoms with Crippen molar-refractivity contribution in [2.24, 2.45) is 5.92 Å². The summed E-state index contributed by atoms with van der Waals surface area (Å²) in [7, 11) is 0. The van der Waals surface area contributed by atoms with E-state index in [4.69, 9.17) is 5.11 Å². The lowest BCUT2D eigenvalue weighted by Crippen LogP contribution is -2.29. The molecule has 5 nitrogen and oxygen atoms in total. The first-order valence-corrected chi connectivity index (χ1v) is 6.11. The molecule has 94 valence electrons. The van der Waals surface area contributed by atoms with E-state index >= 15 is 0 Å². The SMILES string of the molecule is O=C(c1ccc2nccn2c1)N1CCC(CO)C1. The second-order valence-corrected chi connectivity index (χ2v) is 4.70. The number of fused-ring (bicyclic) bond motifs is 1. The molecule has 5 heteroatoms. The third kappa shape index (κ3) is 1.86. The van der Waals surface area contributed by atoms with Crippen LogP contribution in [0, 0.1) is 5.92 Å². The first-order valence-electron chi connectivity index (χ1n) is 6.11. The normalized spacial score (nSPS) is 19.6. The fourth-order valence-electron chi connectivity index (χ4n) is 2.40. The van der Waals surface area contributed by atoms with Gasteiger partial charge in [-0.25, -0.2) is 4.98 Å². The summed E-state index contributed by atoms with van der Waals surface area (Å²) in [5, 5.41) is 9.10. The lowest BCUT2D eigenvalue weighted by atomic mass is 10.1. The third-order valence-corrected chi connectivity index (χ3v) is 3.47. The van der Waals surface area contributed by atoms with Crippen molar-refractivity contribution >= 4 is 11.6 Å². The summed E-state index contributed by atoms with van der Waals surface area (Å²) in [4.78, 5) is 18.2. The standard InChI is InChI=1S/C13H15N3O2/c17-9-10-3-5-16(7-10)13(18)11-1-2-12-14-4-6-15(12)8-11/h1-2,4,6,8,10,17H,3,5,7,9H2. The predicted molar refractivity (Wildman–Crippen MR) is 66.3 cm³/mol. The molecule has 2 aromatic heterocycles. The molecule has 0 saturated carbocycles. The van der Waals surface area contributed by atoms with E-state index in [1.165, 1.54) is 0 Å². The monoisotopic (exact) mass is 245 g/mol. The third-order valence-electron chi connectivity index (χ3n) is 3.47. The van der Waals surface area contributed by atoms with Crippen molar-refractivity contribution < 1.29 is 9.90 Å². The van der Waals surface area contributed by atoms with Gasteiger partial charge >= 0.3 is 0 Å². The van der Waals surface area contributed by atoms with E-state index in [0.29, 0.717) is 12.1 Å². The maximum Gasteiger partial charge on any atom is 0.255 e. The van der Waals surface area contributed by atoms with Crippen LogP contribution in [-0.2, 0) is 0 Å². The van der Waals surface area contributed by atoms with E-state index in [1.54, 1.807) is 23.4 Å². The number of imidazole rings is 1. The van der Waals surface area contributed by atoms with Crippen molar-refractivity contribution in [3.8, 4) is 0 Å². The Morgan fingerprint density at radius 1 is 1.50 bits per heavy atom. The molecule has 1 unspecified atom stereocenters. The number of likely N-dealkylation sites (tertiary alicyclic amines) is 1. The topological polar surface area (TPSA) is 57.8 Å². The average molecular weight is 245 g/mol. The molecule has 0 aliphatic carbocycles. The molecule has 1 aliphatic heterocycles. The van der Waals surface area contributed by atoms with Gasteiger partial charge in [-0.05, 0) is 18.6 Å². The van der Waals surface area contributed by atoms with Gasteiger partial charge in [0.15, 0.2) is 0 Å². The number of pyridine rings is 1. The van der Waals surface area contributed by atoms with Crippen LogP contribution in [-0.4, -0.2) is 45.0 Å². The Hall–Kier alpha value is -1.88. The number of hydrogen-bond acceptors (Lipinski definition) is 3. The van der Waals surface area contributed by atoms with Gasteiger partial charge in [-0.15, -0.1) is 0 Å². The van der Waals surface area contributed by atoms with E-state index in [1.807, 2.05) is 16.7 Å². The molecule has 1 N–H and O–H groups in total. The Kier molecular flexibility index (Phi) is 2.76. The van der Waals surface area contributed by atoms with Crippen molar-refractivity contribution in [3.63, 3.8) is 0 Å². The quantitative estimate of drug-likeness (QED) is 0.851. The molecule has 3 rings (SSSR count). The Labute approximate surface area is 105 Å². The summed E-state index contributed by atoms with van der Waals surface area (Å²) in [6.45, 7) is 1.54. The van der Waals surface area contributed by atoms with Gasteiger partial charge in [-0.1, -0.05) is 0 Å². The predicted octanol–water partition coefficient (Wildman–Crippen LogP) is 0.789. The second-order valence-electron chi connectivity index (χ2n) is 4.70. The molecule has 0 bridgehead atoms. The Bertz CT molecular complexity index is 578. The molecule has 2 aromatic rings. The minimum Gasteiger partial charge on any atom is -0.396 e. The molecule has 18 heavy (non-hydrogen) atoms. The zero-order chi connectivity index (χ0) is 12.5. The molecule has 0 spiro atoms. The van der Waals surface area contributed by atoms with Gasteiger partial charge in [0.2, 0.25) is 0 Å². The summed E-state index contributed by atoms with van der Waals surface area (Å²) in [5.41, 5.74) is 1.50. The lowest BCUT2D eigenvalue weighted by molar-refractivity contribution is 0.0781. The van der Waals surface area contributed by atoms with Crippen LogP contribution in [0.4, 0.5) is 0 Å². The highest BCUT2D eigenvalue weighted by Crippen LogP contribution is 2.18. The number of carbonyl (C=O) groups excluding carboxylic acids is 1. The van der Waals surface area contributed by atoms with Crippen molar-refractivity contribution in [1.29, 1.82) is 0 Å². The highest BCUT2D eigenvalue weighted by atomic mass is 16.3. The van der Waals surface area contributed by atoms with Gasteiger partial charge in [0, 0.05) is 44.2 Å². The maximum absolute atomic E-state index is 12.3. The minimum atomic E-state index is 0.0292.